The van der Waals surface area contributed by atoms with Crippen LogP contribution in [0.1, 0.15) is 30.7 Å². The zero-order chi connectivity index (χ0) is 11.5. The number of benzene rings is 1. The lowest BCUT2D eigenvalue weighted by molar-refractivity contribution is -0.532. The molecule has 1 aliphatic carbocycles. The predicted octanol–water partition coefficient (Wildman–Crippen LogP) is 1.96. The van der Waals surface area contributed by atoms with Crippen LogP contribution in [0, 0.1) is 10.1 Å². The van der Waals surface area contributed by atoms with E-state index in [0.29, 0.717) is 12.8 Å². The number of nitro groups is 1. The third-order valence-corrected chi connectivity index (χ3v) is 3.28. The third-order valence-electron chi connectivity index (χ3n) is 3.28. The van der Waals surface area contributed by atoms with Gasteiger partial charge in [0, 0.05) is 11.3 Å². The Kier molecular flexibility index (Phi) is 3.19. The highest BCUT2D eigenvalue weighted by Crippen LogP contribution is 2.34. The Balaban J connectivity index is 2.30. The van der Waals surface area contributed by atoms with E-state index >= 15 is 0 Å². The fourth-order valence-corrected chi connectivity index (χ4v) is 2.51. The molecule has 1 aromatic carbocycles. The van der Waals surface area contributed by atoms with Crippen LogP contribution in [0.15, 0.2) is 30.3 Å². The molecule has 16 heavy (non-hydrogen) atoms. The minimum absolute atomic E-state index is 0.250. The number of nitrogens with zero attached hydrogens (tertiary/aromatic N) is 1. The summed E-state index contributed by atoms with van der Waals surface area (Å²) in [6, 6.07) is 8.65. The van der Waals surface area contributed by atoms with E-state index in [1.54, 1.807) is 0 Å². The van der Waals surface area contributed by atoms with Crippen LogP contribution in [0.5, 0.6) is 0 Å². The standard InChI is InChI=1S/C12H15NO3/c14-11-8-4-7-10(13(15)16)12(11)9-5-2-1-3-6-9/h1-3,5-6,10-12,14H,4,7-8H2. The number of hydrogen-bond donors (Lipinski definition) is 1. The summed E-state index contributed by atoms with van der Waals surface area (Å²) in [6.45, 7) is 0. The Morgan fingerprint density at radius 1 is 1.25 bits per heavy atom. The average molecular weight is 221 g/mol. The van der Waals surface area contributed by atoms with Crippen molar-refractivity contribution in [2.45, 2.75) is 37.3 Å². The maximum Gasteiger partial charge on any atom is 0.222 e. The molecule has 1 saturated carbocycles. The summed E-state index contributed by atoms with van der Waals surface area (Å²) in [6.07, 6.45) is 1.36. The molecular weight excluding hydrogens is 206 g/mol. The first-order valence-electron chi connectivity index (χ1n) is 5.56. The number of aliphatic hydroxyl groups is 1. The number of rotatable bonds is 2. The van der Waals surface area contributed by atoms with Crippen molar-refractivity contribution in [2.24, 2.45) is 0 Å². The van der Waals surface area contributed by atoms with Crippen molar-refractivity contribution in [1.29, 1.82) is 0 Å². The van der Waals surface area contributed by atoms with Crippen LogP contribution >= 0.6 is 0 Å². The first-order valence-corrected chi connectivity index (χ1v) is 5.56. The van der Waals surface area contributed by atoms with E-state index in [1.165, 1.54) is 0 Å². The fourth-order valence-electron chi connectivity index (χ4n) is 2.51. The Hall–Kier alpha value is -1.42. The van der Waals surface area contributed by atoms with Crippen LogP contribution < -0.4 is 0 Å². The van der Waals surface area contributed by atoms with Crippen molar-refractivity contribution in [2.75, 3.05) is 0 Å². The quantitative estimate of drug-likeness (QED) is 0.613. The van der Waals surface area contributed by atoms with Crippen molar-refractivity contribution in [1.82, 2.24) is 0 Å². The van der Waals surface area contributed by atoms with E-state index in [1.807, 2.05) is 30.3 Å². The van der Waals surface area contributed by atoms with Gasteiger partial charge in [-0.15, -0.1) is 0 Å². The summed E-state index contributed by atoms with van der Waals surface area (Å²) in [7, 11) is 0. The fraction of sp³-hybridized carbons (Fsp3) is 0.500. The third kappa shape index (κ3) is 2.07. The van der Waals surface area contributed by atoms with Gasteiger partial charge in [0.2, 0.25) is 6.04 Å². The minimum atomic E-state index is -0.647. The normalized spacial score (nSPS) is 29.9. The average Bonchev–Trinajstić information content (AvgIpc) is 2.29. The maximum absolute atomic E-state index is 11.0. The minimum Gasteiger partial charge on any atom is -0.392 e. The molecule has 1 N–H and O–H groups in total. The zero-order valence-corrected chi connectivity index (χ0v) is 8.95. The van der Waals surface area contributed by atoms with Gasteiger partial charge in [0.1, 0.15) is 0 Å². The molecule has 0 aromatic heterocycles. The maximum atomic E-state index is 11.0. The lowest BCUT2D eigenvalue weighted by Crippen LogP contribution is -2.39. The molecule has 3 atom stereocenters. The molecule has 4 heteroatoms. The van der Waals surface area contributed by atoms with E-state index in [9.17, 15) is 15.2 Å². The van der Waals surface area contributed by atoms with Crippen LogP contribution in [0.2, 0.25) is 0 Å². The van der Waals surface area contributed by atoms with Crippen LogP contribution in [-0.4, -0.2) is 22.2 Å². The van der Waals surface area contributed by atoms with Crippen LogP contribution in [0.25, 0.3) is 0 Å². The van der Waals surface area contributed by atoms with Crippen molar-refractivity contribution in [3.8, 4) is 0 Å². The van der Waals surface area contributed by atoms with Crippen LogP contribution in [0.4, 0.5) is 0 Å². The molecule has 1 fully saturated rings. The Bertz CT molecular complexity index is 366. The van der Waals surface area contributed by atoms with Crippen molar-refractivity contribution < 1.29 is 10.0 Å². The van der Waals surface area contributed by atoms with E-state index in [0.717, 1.165) is 12.0 Å². The first kappa shape index (κ1) is 11.1. The molecule has 3 unspecified atom stereocenters. The molecule has 0 radical (unpaired) electrons. The van der Waals surface area contributed by atoms with Gasteiger partial charge in [0.05, 0.1) is 12.0 Å². The zero-order valence-electron chi connectivity index (χ0n) is 8.95. The summed E-state index contributed by atoms with van der Waals surface area (Å²) < 4.78 is 0. The van der Waals surface area contributed by atoms with E-state index in [-0.39, 0.29) is 10.8 Å². The second-order valence-electron chi connectivity index (χ2n) is 4.29. The predicted molar refractivity (Wildman–Crippen MR) is 59.8 cm³/mol. The molecule has 2 rings (SSSR count). The van der Waals surface area contributed by atoms with Crippen molar-refractivity contribution in [3.05, 3.63) is 46.0 Å². The lowest BCUT2D eigenvalue weighted by atomic mass is 9.78. The molecule has 1 aromatic rings. The van der Waals surface area contributed by atoms with Gasteiger partial charge in [0.15, 0.2) is 0 Å². The monoisotopic (exact) mass is 221 g/mol. The van der Waals surface area contributed by atoms with Gasteiger partial charge in [-0.2, -0.15) is 0 Å². The number of aliphatic hydroxyl groups excluding tert-OH is 1. The highest BCUT2D eigenvalue weighted by atomic mass is 16.6. The molecule has 0 saturated heterocycles. The van der Waals surface area contributed by atoms with Crippen LogP contribution in [0.3, 0.4) is 0 Å². The van der Waals surface area contributed by atoms with E-state index in [4.69, 9.17) is 0 Å². The van der Waals surface area contributed by atoms with Crippen molar-refractivity contribution >= 4 is 0 Å². The molecule has 1 aliphatic rings. The molecule has 0 heterocycles. The summed E-state index contributed by atoms with van der Waals surface area (Å²) >= 11 is 0. The van der Waals surface area contributed by atoms with Gasteiger partial charge in [0.25, 0.3) is 0 Å². The van der Waals surface area contributed by atoms with E-state index in [2.05, 4.69) is 0 Å². The summed E-state index contributed by atoms with van der Waals surface area (Å²) in [5, 5.41) is 20.9. The Morgan fingerprint density at radius 3 is 2.56 bits per heavy atom. The highest BCUT2D eigenvalue weighted by Gasteiger charge is 2.40. The largest absolute Gasteiger partial charge is 0.392 e. The summed E-state index contributed by atoms with van der Waals surface area (Å²) in [5.41, 5.74) is 0.872. The molecular formula is C12H15NO3. The Labute approximate surface area is 94.1 Å². The van der Waals surface area contributed by atoms with Crippen molar-refractivity contribution in [3.63, 3.8) is 0 Å². The van der Waals surface area contributed by atoms with Gasteiger partial charge in [-0.05, 0) is 18.4 Å². The first-order chi connectivity index (χ1) is 7.70. The van der Waals surface area contributed by atoms with Gasteiger partial charge in [-0.1, -0.05) is 30.3 Å². The SMILES string of the molecule is O=[N+]([O-])C1CCCC(O)C1c1ccccc1. The molecule has 0 spiro atoms. The van der Waals surface area contributed by atoms with Gasteiger partial charge >= 0.3 is 0 Å². The Morgan fingerprint density at radius 2 is 1.94 bits per heavy atom. The second-order valence-corrected chi connectivity index (χ2v) is 4.29. The highest BCUT2D eigenvalue weighted by molar-refractivity contribution is 5.22. The molecule has 86 valence electrons. The smallest absolute Gasteiger partial charge is 0.222 e. The summed E-state index contributed by atoms with van der Waals surface area (Å²) in [5.74, 6) is -0.357. The molecule has 0 aliphatic heterocycles. The summed E-state index contributed by atoms with van der Waals surface area (Å²) in [4.78, 5) is 10.7. The van der Waals surface area contributed by atoms with Gasteiger partial charge in [-0.25, -0.2) is 0 Å². The second kappa shape index (κ2) is 4.61. The molecule has 4 nitrogen and oxygen atoms in total. The lowest BCUT2D eigenvalue weighted by Gasteiger charge is -2.30. The molecule has 0 bridgehead atoms. The topological polar surface area (TPSA) is 63.4 Å². The number of hydrogen-bond acceptors (Lipinski definition) is 3. The van der Waals surface area contributed by atoms with Gasteiger partial charge in [-0.3, -0.25) is 10.1 Å². The molecule has 0 amide bonds. The van der Waals surface area contributed by atoms with Gasteiger partial charge < -0.3 is 5.11 Å². The van der Waals surface area contributed by atoms with E-state index < -0.39 is 12.1 Å². The van der Waals surface area contributed by atoms with Crippen LogP contribution in [-0.2, 0) is 0 Å².